The molecule has 2 aromatic heterocycles. The summed E-state index contributed by atoms with van der Waals surface area (Å²) < 4.78 is 9.48. The SMILES string of the molecule is CC1(C)c2ccccc2-c2c(N(c3ccc(-c4ccccc4)cc3)c3ccc(-c4cccc5c4oc4ccc(-c6ccc(-c7ccc(N(c8ccc(-c9cccc%10c9sc9ccccc9%10)cc8)c8cccc9c8-c8ccccc8C9(C)C)cc7)cc6)cc45)cc3)cccc21. The van der Waals surface area contributed by atoms with Gasteiger partial charge < -0.3 is 14.2 Å². The van der Waals surface area contributed by atoms with Crippen LogP contribution < -0.4 is 9.80 Å². The van der Waals surface area contributed by atoms with Crippen LogP contribution in [0.2, 0.25) is 0 Å². The minimum atomic E-state index is -0.133. The second-order valence-electron chi connectivity index (χ2n) is 26.3. The summed E-state index contributed by atoms with van der Waals surface area (Å²) in [6.45, 7) is 9.42. The fourth-order valence-corrected chi connectivity index (χ4v) is 16.8. The summed E-state index contributed by atoms with van der Waals surface area (Å²) >= 11 is 1.88. The largest absolute Gasteiger partial charge is 0.455 e. The predicted molar refractivity (Wildman–Crippen MR) is 398 cm³/mol. The van der Waals surface area contributed by atoms with Gasteiger partial charge in [0.05, 0.1) is 11.4 Å². The van der Waals surface area contributed by atoms with Gasteiger partial charge in [0.1, 0.15) is 11.2 Å². The number of nitrogens with zero attached hydrogens (tertiary/aromatic N) is 2. The molecular weight excluding hydrogens is 1160 g/mol. The number of thiophene rings is 1. The molecule has 0 radical (unpaired) electrons. The van der Waals surface area contributed by atoms with Gasteiger partial charge in [-0.25, -0.2) is 0 Å². The third kappa shape index (κ3) is 8.85. The standard InChI is InChI=1S/C90H64N2OS/c1-89(2)77-27-11-8-21-74(77)85-79(89)29-16-31-81(85)91(65-47-38-59(39-48-65)57-18-6-5-7-19-57)67-51-42-62(43-52-67)69-23-14-25-72-76-56-64(46-55-83(76)93-87(69)72)61-36-34-58(35-37-61)60-40-49-66(50-41-60)92(82-32-17-30-80-86(82)75-22-9-12-28-78(75)90(80,3)4)68-53-44-63(45-54-68)70-24-15-26-73-71-20-10-13-33-84(71)94-88(70)73/h5-56H,1-4H3. The zero-order valence-corrected chi connectivity index (χ0v) is 53.5. The van der Waals surface area contributed by atoms with Crippen molar-refractivity contribution < 1.29 is 4.42 Å². The van der Waals surface area contributed by atoms with E-state index in [-0.39, 0.29) is 10.8 Å². The molecule has 0 atom stereocenters. The number of hydrogen-bond acceptors (Lipinski definition) is 4. The van der Waals surface area contributed by atoms with E-state index in [2.05, 4.69) is 353 Å². The van der Waals surface area contributed by atoms with Crippen molar-refractivity contribution in [2.45, 2.75) is 38.5 Å². The third-order valence-corrected chi connectivity index (χ3v) is 21.6. The number of hydrogen-bond donors (Lipinski definition) is 0. The molecular formula is C90H64N2OS. The Hall–Kier alpha value is -11.3. The molecule has 0 amide bonds. The lowest BCUT2D eigenvalue weighted by Gasteiger charge is -2.29. The maximum absolute atomic E-state index is 6.84. The molecule has 16 aromatic rings. The molecule has 18 rings (SSSR count). The van der Waals surface area contributed by atoms with Crippen LogP contribution in [0.5, 0.6) is 0 Å². The van der Waals surface area contributed by atoms with Gasteiger partial charge in [-0.3, -0.25) is 0 Å². The van der Waals surface area contributed by atoms with E-state index in [9.17, 15) is 0 Å². The molecule has 14 aromatic carbocycles. The van der Waals surface area contributed by atoms with Crippen molar-refractivity contribution in [3.05, 3.63) is 338 Å². The van der Waals surface area contributed by atoms with Gasteiger partial charge in [-0.2, -0.15) is 0 Å². The van der Waals surface area contributed by atoms with Crippen molar-refractivity contribution in [2.24, 2.45) is 0 Å². The van der Waals surface area contributed by atoms with Crippen LogP contribution in [0.1, 0.15) is 49.9 Å². The maximum Gasteiger partial charge on any atom is 0.143 e. The molecule has 2 heterocycles. The van der Waals surface area contributed by atoms with Gasteiger partial charge in [-0.05, 0) is 162 Å². The monoisotopic (exact) mass is 1220 g/mol. The molecule has 4 heteroatoms. The van der Waals surface area contributed by atoms with E-state index in [0.717, 1.165) is 83.8 Å². The highest BCUT2D eigenvalue weighted by Gasteiger charge is 2.39. The summed E-state index contributed by atoms with van der Waals surface area (Å²) in [6.07, 6.45) is 0. The van der Waals surface area contributed by atoms with Crippen molar-refractivity contribution in [3.8, 4) is 77.9 Å². The lowest BCUT2D eigenvalue weighted by atomic mass is 9.82. The zero-order chi connectivity index (χ0) is 62.8. The molecule has 0 spiro atoms. The molecule has 446 valence electrons. The Morgan fingerprint density at radius 3 is 1.21 bits per heavy atom. The Morgan fingerprint density at radius 1 is 0.277 bits per heavy atom. The van der Waals surface area contributed by atoms with Gasteiger partial charge in [0.25, 0.3) is 0 Å². The topological polar surface area (TPSA) is 19.6 Å². The minimum Gasteiger partial charge on any atom is -0.455 e. The van der Waals surface area contributed by atoms with Crippen molar-refractivity contribution in [1.29, 1.82) is 0 Å². The second kappa shape index (κ2) is 21.7. The quantitative estimate of drug-likeness (QED) is 0.129. The van der Waals surface area contributed by atoms with Crippen LogP contribution in [0.4, 0.5) is 34.1 Å². The van der Waals surface area contributed by atoms with Crippen molar-refractivity contribution >= 4 is 87.6 Å². The molecule has 0 N–H and O–H groups in total. The van der Waals surface area contributed by atoms with Gasteiger partial charge in [0, 0.05) is 81.2 Å². The Balaban J connectivity index is 0.652. The number of furan rings is 1. The first-order chi connectivity index (χ1) is 46.1. The Kier molecular flexibility index (Phi) is 12.8. The third-order valence-electron chi connectivity index (χ3n) is 20.3. The van der Waals surface area contributed by atoms with Crippen LogP contribution >= 0.6 is 11.3 Å². The Morgan fingerprint density at radius 2 is 0.660 bits per heavy atom. The Bertz CT molecular complexity index is 5640. The smallest absolute Gasteiger partial charge is 0.143 e. The van der Waals surface area contributed by atoms with Crippen molar-refractivity contribution in [2.75, 3.05) is 9.80 Å². The first-order valence-electron chi connectivity index (χ1n) is 32.6. The van der Waals surface area contributed by atoms with E-state index in [4.69, 9.17) is 4.42 Å². The van der Waals surface area contributed by atoms with Gasteiger partial charge in [-0.1, -0.05) is 264 Å². The Labute approximate surface area is 552 Å². The molecule has 0 saturated heterocycles. The average molecular weight is 1220 g/mol. The summed E-state index contributed by atoms with van der Waals surface area (Å²) in [5.74, 6) is 0. The summed E-state index contributed by atoms with van der Waals surface area (Å²) in [5.41, 5.74) is 30.4. The van der Waals surface area contributed by atoms with Crippen LogP contribution in [0.25, 0.3) is 120 Å². The molecule has 0 fully saturated rings. The summed E-state index contributed by atoms with van der Waals surface area (Å²) in [6, 6.07) is 116. The van der Waals surface area contributed by atoms with Gasteiger partial charge in [0.15, 0.2) is 0 Å². The normalized spacial score (nSPS) is 13.3. The first kappa shape index (κ1) is 55.5. The molecule has 0 unspecified atom stereocenters. The maximum atomic E-state index is 6.84. The van der Waals surface area contributed by atoms with E-state index in [0.29, 0.717) is 0 Å². The number of anilines is 6. The lowest BCUT2D eigenvalue weighted by molar-refractivity contribution is 0.660. The molecule has 0 aliphatic heterocycles. The highest BCUT2D eigenvalue weighted by Crippen LogP contribution is 2.57. The van der Waals surface area contributed by atoms with Crippen LogP contribution in [-0.2, 0) is 10.8 Å². The van der Waals surface area contributed by atoms with Crippen LogP contribution in [0.15, 0.2) is 320 Å². The van der Waals surface area contributed by atoms with Gasteiger partial charge in [0.2, 0.25) is 0 Å². The minimum absolute atomic E-state index is 0.129. The average Bonchev–Trinajstić information content (AvgIpc) is 1.57. The fourth-order valence-electron chi connectivity index (χ4n) is 15.5. The first-order valence-corrected chi connectivity index (χ1v) is 33.4. The summed E-state index contributed by atoms with van der Waals surface area (Å²) in [5, 5.41) is 4.82. The number of para-hydroxylation sites is 1. The lowest BCUT2D eigenvalue weighted by Crippen LogP contribution is -2.16. The highest BCUT2D eigenvalue weighted by molar-refractivity contribution is 7.26. The van der Waals surface area contributed by atoms with E-state index in [1.165, 1.54) is 92.6 Å². The molecule has 0 bridgehead atoms. The molecule has 94 heavy (non-hydrogen) atoms. The molecule has 0 saturated carbocycles. The van der Waals surface area contributed by atoms with Crippen LogP contribution in [0, 0.1) is 0 Å². The van der Waals surface area contributed by atoms with E-state index >= 15 is 0 Å². The van der Waals surface area contributed by atoms with Gasteiger partial charge in [-0.15, -0.1) is 11.3 Å². The van der Waals surface area contributed by atoms with E-state index in [1.54, 1.807) is 0 Å². The van der Waals surface area contributed by atoms with Crippen molar-refractivity contribution in [3.63, 3.8) is 0 Å². The molecule has 2 aliphatic rings. The fraction of sp³-hybridized carbons (Fsp3) is 0.0667. The second-order valence-corrected chi connectivity index (χ2v) is 27.4. The number of rotatable bonds is 11. The summed E-state index contributed by atoms with van der Waals surface area (Å²) in [7, 11) is 0. The summed E-state index contributed by atoms with van der Waals surface area (Å²) in [4.78, 5) is 4.89. The highest BCUT2D eigenvalue weighted by atomic mass is 32.1. The van der Waals surface area contributed by atoms with E-state index < -0.39 is 0 Å². The van der Waals surface area contributed by atoms with Gasteiger partial charge >= 0.3 is 0 Å². The van der Waals surface area contributed by atoms with Crippen LogP contribution in [-0.4, -0.2) is 0 Å². The number of fused-ring (bicyclic) bond motifs is 12. The van der Waals surface area contributed by atoms with Crippen LogP contribution in [0.3, 0.4) is 0 Å². The molecule has 2 aliphatic carbocycles. The predicted octanol–water partition coefficient (Wildman–Crippen LogP) is 25.8. The van der Waals surface area contributed by atoms with Crippen molar-refractivity contribution in [1.82, 2.24) is 0 Å². The zero-order valence-electron chi connectivity index (χ0n) is 52.7. The van der Waals surface area contributed by atoms with E-state index in [1.807, 2.05) is 11.3 Å². The number of benzene rings is 14. The molecule has 3 nitrogen and oxygen atoms in total.